The zero-order valence-corrected chi connectivity index (χ0v) is 15.4. The predicted molar refractivity (Wildman–Crippen MR) is 102 cm³/mol. The molecule has 1 aliphatic carbocycles. The second kappa shape index (κ2) is 9.47. The molecule has 0 unspecified atom stereocenters. The van der Waals surface area contributed by atoms with Gasteiger partial charge in [0, 0.05) is 5.54 Å². The second-order valence-corrected chi connectivity index (χ2v) is 7.71. The zero-order valence-electron chi connectivity index (χ0n) is 15.4. The lowest BCUT2D eigenvalue weighted by molar-refractivity contribution is 0.304. The molecule has 0 aliphatic heterocycles. The average Bonchev–Trinajstić information content (AvgIpc) is 2.94. The largest absolute Gasteiger partial charge is 0.325 e. The Balaban J connectivity index is 1.74. The summed E-state index contributed by atoms with van der Waals surface area (Å²) in [6.07, 6.45) is 15.6. The topological polar surface area (TPSA) is 26.0 Å². The standard InChI is InChI=1S/C22H37N/c1-3-5-6-7-8-9-11-19-13-15-20(16-14-19)18-21-12-10-17-22(21,23)4-2/h13-16,21H,3-12,17-18,23H2,1-2H3/t21-,22-/m1/s1. The molecule has 2 atom stereocenters. The Morgan fingerprint density at radius 2 is 1.61 bits per heavy atom. The van der Waals surface area contributed by atoms with Crippen LogP contribution < -0.4 is 5.73 Å². The molecule has 0 spiro atoms. The molecule has 0 heterocycles. The molecular formula is C22H37N. The molecule has 0 radical (unpaired) electrons. The lowest BCUT2D eigenvalue weighted by Crippen LogP contribution is -2.43. The molecule has 1 nitrogen and oxygen atoms in total. The minimum Gasteiger partial charge on any atom is -0.325 e. The van der Waals surface area contributed by atoms with Crippen molar-refractivity contribution < 1.29 is 0 Å². The molecular weight excluding hydrogens is 278 g/mol. The monoisotopic (exact) mass is 315 g/mol. The van der Waals surface area contributed by atoms with E-state index in [0.29, 0.717) is 5.92 Å². The van der Waals surface area contributed by atoms with Crippen LogP contribution in [0.1, 0.15) is 89.2 Å². The quantitative estimate of drug-likeness (QED) is 0.523. The average molecular weight is 316 g/mol. The first-order valence-corrected chi connectivity index (χ1v) is 10.0. The van der Waals surface area contributed by atoms with E-state index in [2.05, 4.69) is 38.1 Å². The number of hydrogen-bond acceptors (Lipinski definition) is 1. The molecule has 0 saturated heterocycles. The maximum atomic E-state index is 6.60. The van der Waals surface area contributed by atoms with E-state index in [1.807, 2.05) is 0 Å². The van der Waals surface area contributed by atoms with Crippen LogP contribution in [0.15, 0.2) is 24.3 Å². The van der Waals surface area contributed by atoms with Crippen LogP contribution in [0, 0.1) is 5.92 Å². The summed E-state index contributed by atoms with van der Waals surface area (Å²) < 4.78 is 0. The second-order valence-electron chi connectivity index (χ2n) is 7.71. The van der Waals surface area contributed by atoms with Crippen LogP contribution in [0.25, 0.3) is 0 Å². The Kier molecular flexibility index (Phi) is 7.62. The molecule has 0 bridgehead atoms. The highest BCUT2D eigenvalue weighted by Gasteiger charge is 2.37. The fourth-order valence-electron chi connectivity index (χ4n) is 4.18. The predicted octanol–water partition coefficient (Wildman–Crippen LogP) is 6.04. The normalized spacial score (nSPS) is 24.2. The molecule has 1 heteroatoms. The van der Waals surface area contributed by atoms with Crippen molar-refractivity contribution in [2.75, 3.05) is 0 Å². The van der Waals surface area contributed by atoms with Crippen molar-refractivity contribution in [3.8, 4) is 0 Å². The van der Waals surface area contributed by atoms with E-state index in [0.717, 1.165) is 6.42 Å². The van der Waals surface area contributed by atoms with Gasteiger partial charge in [-0.2, -0.15) is 0 Å². The van der Waals surface area contributed by atoms with E-state index in [9.17, 15) is 0 Å². The molecule has 130 valence electrons. The van der Waals surface area contributed by atoms with Crippen molar-refractivity contribution in [3.63, 3.8) is 0 Å². The van der Waals surface area contributed by atoms with Gasteiger partial charge in [0.1, 0.15) is 0 Å². The van der Waals surface area contributed by atoms with Crippen molar-refractivity contribution in [2.45, 2.75) is 96.4 Å². The van der Waals surface area contributed by atoms with Gasteiger partial charge in [-0.25, -0.2) is 0 Å². The van der Waals surface area contributed by atoms with Gasteiger partial charge in [0.2, 0.25) is 0 Å². The summed E-state index contributed by atoms with van der Waals surface area (Å²) in [6, 6.07) is 9.39. The van der Waals surface area contributed by atoms with Crippen LogP contribution in [0.2, 0.25) is 0 Å². The van der Waals surface area contributed by atoms with Crippen LogP contribution in [-0.2, 0) is 12.8 Å². The lowest BCUT2D eigenvalue weighted by atomic mass is 9.81. The number of nitrogens with two attached hydrogens (primary N) is 1. The Hall–Kier alpha value is -0.820. The fourth-order valence-corrected chi connectivity index (χ4v) is 4.18. The number of rotatable bonds is 10. The van der Waals surface area contributed by atoms with Crippen molar-refractivity contribution in [1.29, 1.82) is 0 Å². The molecule has 0 aromatic heterocycles. The molecule has 1 aromatic rings. The highest BCUT2D eigenvalue weighted by atomic mass is 14.8. The van der Waals surface area contributed by atoms with Gasteiger partial charge in [-0.05, 0) is 55.6 Å². The third kappa shape index (κ3) is 5.64. The first-order valence-electron chi connectivity index (χ1n) is 10.0. The molecule has 1 fully saturated rings. The summed E-state index contributed by atoms with van der Waals surface area (Å²) in [7, 11) is 0. The Bertz CT molecular complexity index is 436. The summed E-state index contributed by atoms with van der Waals surface area (Å²) in [4.78, 5) is 0. The van der Waals surface area contributed by atoms with Crippen molar-refractivity contribution in [2.24, 2.45) is 11.7 Å². The van der Waals surface area contributed by atoms with Gasteiger partial charge >= 0.3 is 0 Å². The third-order valence-corrected chi connectivity index (χ3v) is 5.99. The molecule has 2 rings (SSSR count). The summed E-state index contributed by atoms with van der Waals surface area (Å²) in [5.41, 5.74) is 9.67. The Morgan fingerprint density at radius 1 is 0.957 bits per heavy atom. The molecule has 23 heavy (non-hydrogen) atoms. The third-order valence-electron chi connectivity index (χ3n) is 5.99. The van der Waals surface area contributed by atoms with E-state index in [1.165, 1.54) is 81.8 Å². The van der Waals surface area contributed by atoms with Crippen LogP contribution in [0.5, 0.6) is 0 Å². The SMILES string of the molecule is CCCCCCCCc1ccc(C[C@H]2CCC[C@]2(N)CC)cc1. The highest BCUT2D eigenvalue weighted by molar-refractivity contribution is 5.24. The van der Waals surface area contributed by atoms with Crippen LogP contribution in [0.3, 0.4) is 0 Å². The maximum Gasteiger partial charge on any atom is 0.0183 e. The van der Waals surface area contributed by atoms with Crippen molar-refractivity contribution in [3.05, 3.63) is 35.4 Å². The summed E-state index contributed by atoms with van der Waals surface area (Å²) >= 11 is 0. The summed E-state index contributed by atoms with van der Waals surface area (Å²) in [5.74, 6) is 0.678. The lowest BCUT2D eigenvalue weighted by Gasteiger charge is -2.30. The fraction of sp³-hybridized carbons (Fsp3) is 0.727. The number of hydrogen-bond donors (Lipinski definition) is 1. The van der Waals surface area contributed by atoms with E-state index in [1.54, 1.807) is 0 Å². The Morgan fingerprint density at radius 3 is 2.30 bits per heavy atom. The summed E-state index contributed by atoms with van der Waals surface area (Å²) in [5, 5.41) is 0. The highest BCUT2D eigenvalue weighted by Crippen LogP contribution is 2.38. The van der Waals surface area contributed by atoms with Crippen LogP contribution in [0.4, 0.5) is 0 Å². The smallest absolute Gasteiger partial charge is 0.0183 e. The molecule has 1 aromatic carbocycles. The number of unbranched alkanes of at least 4 members (excludes halogenated alkanes) is 5. The molecule has 2 N–H and O–H groups in total. The van der Waals surface area contributed by atoms with Gasteiger partial charge in [-0.1, -0.05) is 76.6 Å². The van der Waals surface area contributed by atoms with Crippen molar-refractivity contribution in [1.82, 2.24) is 0 Å². The van der Waals surface area contributed by atoms with Gasteiger partial charge in [-0.15, -0.1) is 0 Å². The van der Waals surface area contributed by atoms with Gasteiger partial charge in [0.05, 0.1) is 0 Å². The van der Waals surface area contributed by atoms with Gasteiger partial charge < -0.3 is 5.73 Å². The molecule has 1 aliphatic rings. The molecule has 0 amide bonds. The number of aryl methyl sites for hydroxylation is 1. The number of benzene rings is 1. The van der Waals surface area contributed by atoms with Crippen LogP contribution >= 0.6 is 0 Å². The summed E-state index contributed by atoms with van der Waals surface area (Å²) in [6.45, 7) is 4.53. The van der Waals surface area contributed by atoms with Gasteiger partial charge in [0.25, 0.3) is 0 Å². The Labute approximate surface area is 144 Å². The van der Waals surface area contributed by atoms with E-state index < -0.39 is 0 Å². The van der Waals surface area contributed by atoms with Gasteiger partial charge in [-0.3, -0.25) is 0 Å². The van der Waals surface area contributed by atoms with Crippen LogP contribution in [-0.4, -0.2) is 5.54 Å². The first kappa shape index (κ1) is 18.5. The van der Waals surface area contributed by atoms with Crippen molar-refractivity contribution >= 4 is 0 Å². The van der Waals surface area contributed by atoms with E-state index in [4.69, 9.17) is 5.73 Å². The first-order chi connectivity index (χ1) is 11.2. The van der Waals surface area contributed by atoms with E-state index >= 15 is 0 Å². The van der Waals surface area contributed by atoms with E-state index in [-0.39, 0.29) is 5.54 Å². The van der Waals surface area contributed by atoms with Gasteiger partial charge in [0.15, 0.2) is 0 Å². The minimum atomic E-state index is 0.0944. The zero-order chi connectivity index (χ0) is 16.5. The molecule has 1 saturated carbocycles. The maximum absolute atomic E-state index is 6.60. The minimum absolute atomic E-state index is 0.0944.